The van der Waals surface area contributed by atoms with E-state index in [2.05, 4.69) is 64.7 Å². The summed E-state index contributed by atoms with van der Waals surface area (Å²) in [6, 6.07) is 18.0. The van der Waals surface area contributed by atoms with E-state index in [1.807, 2.05) is 30.3 Å². The fourth-order valence-corrected chi connectivity index (χ4v) is 4.67. The summed E-state index contributed by atoms with van der Waals surface area (Å²) in [4.78, 5) is 0. The molecule has 0 saturated heterocycles. The van der Waals surface area contributed by atoms with Crippen LogP contribution in [0.4, 0.5) is 0 Å². The van der Waals surface area contributed by atoms with Gasteiger partial charge in [-0.3, -0.25) is 0 Å². The molecule has 0 fully saturated rings. The third-order valence-electron chi connectivity index (χ3n) is 5.85. The van der Waals surface area contributed by atoms with Crippen LogP contribution in [0, 0.1) is 13.8 Å². The zero-order chi connectivity index (χ0) is 21.5. The van der Waals surface area contributed by atoms with E-state index >= 15 is 0 Å². The van der Waals surface area contributed by atoms with E-state index in [0.717, 1.165) is 32.8 Å². The molecule has 31 heavy (non-hydrogen) atoms. The molecule has 2 unspecified atom stereocenters. The maximum atomic E-state index is 10.6. The molecule has 3 aromatic rings. The first-order valence-electron chi connectivity index (χ1n) is 10.3. The SMILES string of the molecule is Cc1ccc(C2NC(c3ccc4c(c3)OCO4)=CC(c3cc(Br)ccc3O)[NH2+]2)c(C)c1. The number of nitrogens with two attached hydrogens (primary N) is 1. The van der Waals surface area contributed by atoms with Gasteiger partial charge in [-0.2, -0.15) is 0 Å². The number of benzene rings is 3. The number of aromatic hydroxyl groups is 1. The minimum absolute atomic E-state index is 0.00518. The Bertz CT molecular complexity index is 1190. The van der Waals surface area contributed by atoms with Gasteiger partial charge in [-0.05, 0) is 55.8 Å². The van der Waals surface area contributed by atoms with E-state index in [4.69, 9.17) is 9.47 Å². The van der Waals surface area contributed by atoms with Crippen molar-refractivity contribution >= 4 is 21.6 Å². The highest BCUT2D eigenvalue weighted by Crippen LogP contribution is 2.36. The second-order valence-electron chi connectivity index (χ2n) is 8.05. The number of hydrogen-bond acceptors (Lipinski definition) is 4. The molecule has 0 saturated carbocycles. The van der Waals surface area contributed by atoms with Gasteiger partial charge in [-0.25, -0.2) is 0 Å². The highest BCUT2D eigenvalue weighted by Gasteiger charge is 2.31. The average Bonchev–Trinajstić information content (AvgIpc) is 3.23. The molecule has 2 heterocycles. The number of phenolic OH excluding ortho intramolecular Hbond substituents is 1. The average molecular weight is 480 g/mol. The Morgan fingerprint density at radius 1 is 0.968 bits per heavy atom. The third-order valence-corrected chi connectivity index (χ3v) is 6.34. The molecule has 0 aromatic heterocycles. The van der Waals surface area contributed by atoms with E-state index in [0.29, 0.717) is 0 Å². The summed E-state index contributed by atoms with van der Waals surface area (Å²) >= 11 is 3.54. The molecule has 5 rings (SSSR count). The molecule has 0 spiro atoms. The first-order valence-corrected chi connectivity index (χ1v) is 11.1. The van der Waals surface area contributed by atoms with Gasteiger partial charge in [0.1, 0.15) is 11.8 Å². The van der Waals surface area contributed by atoms with Gasteiger partial charge in [0.05, 0.1) is 5.56 Å². The summed E-state index contributed by atoms with van der Waals surface area (Å²) in [6.07, 6.45) is 2.15. The van der Waals surface area contributed by atoms with Crippen molar-refractivity contribution in [2.75, 3.05) is 6.79 Å². The zero-order valence-corrected chi connectivity index (χ0v) is 18.9. The molecule has 0 radical (unpaired) electrons. The molecule has 6 heteroatoms. The van der Waals surface area contributed by atoms with Gasteiger partial charge in [-0.1, -0.05) is 39.7 Å². The van der Waals surface area contributed by atoms with Crippen LogP contribution < -0.4 is 20.1 Å². The monoisotopic (exact) mass is 479 g/mol. The lowest BCUT2D eigenvalue weighted by atomic mass is 9.96. The van der Waals surface area contributed by atoms with Crippen molar-refractivity contribution in [2.24, 2.45) is 0 Å². The van der Waals surface area contributed by atoms with Gasteiger partial charge in [0.15, 0.2) is 17.7 Å². The molecule has 158 valence electrons. The first kappa shape index (κ1) is 20.0. The number of aryl methyl sites for hydroxylation is 2. The molecule has 2 aliphatic rings. The summed E-state index contributed by atoms with van der Waals surface area (Å²) < 4.78 is 12.0. The van der Waals surface area contributed by atoms with E-state index in [9.17, 15) is 5.11 Å². The van der Waals surface area contributed by atoms with Gasteiger partial charge < -0.3 is 25.2 Å². The molecule has 0 amide bonds. The van der Waals surface area contributed by atoms with Crippen molar-refractivity contribution in [2.45, 2.75) is 26.1 Å². The summed E-state index contributed by atoms with van der Waals surface area (Å²) in [7, 11) is 0. The predicted octanol–water partition coefficient (Wildman–Crippen LogP) is 4.45. The molecular weight excluding hydrogens is 456 g/mol. The third kappa shape index (κ3) is 3.89. The van der Waals surface area contributed by atoms with Crippen molar-refractivity contribution in [3.05, 3.63) is 93.0 Å². The number of rotatable bonds is 3. The summed E-state index contributed by atoms with van der Waals surface area (Å²) in [6.45, 7) is 4.50. The minimum Gasteiger partial charge on any atom is -0.507 e. The van der Waals surface area contributed by atoms with E-state index in [1.54, 1.807) is 6.07 Å². The Morgan fingerprint density at radius 2 is 1.81 bits per heavy atom. The van der Waals surface area contributed by atoms with Crippen molar-refractivity contribution in [3.63, 3.8) is 0 Å². The Labute approximate surface area is 189 Å². The number of ether oxygens (including phenoxy) is 2. The predicted molar refractivity (Wildman–Crippen MR) is 123 cm³/mol. The number of fused-ring (bicyclic) bond motifs is 1. The molecular formula is C25H24BrN2O3+. The van der Waals surface area contributed by atoms with E-state index < -0.39 is 0 Å². The van der Waals surface area contributed by atoms with E-state index in [1.165, 1.54) is 16.7 Å². The fourth-order valence-electron chi connectivity index (χ4n) is 4.29. The van der Waals surface area contributed by atoms with Gasteiger partial charge in [0.2, 0.25) is 6.79 Å². The normalized spacial score (nSPS) is 19.6. The van der Waals surface area contributed by atoms with E-state index in [-0.39, 0.29) is 24.8 Å². The topological polar surface area (TPSA) is 67.3 Å². The Kier molecular flexibility index (Phi) is 5.12. The van der Waals surface area contributed by atoms with Crippen LogP contribution in [0.3, 0.4) is 0 Å². The van der Waals surface area contributed by atoms with Crippen molar-refractivity contribution in [3.8, 4) is 17.2 Å². The Hall–Kier alpha value is -2.96. The smallest absolute Gasteiger partial charge is 0.231 e. The number of hydrogen-bond donors (Lipinski definition) is 3. The largest absolute Gasteiger partial charge is 0.507 e. The molecule has 3 aromatic carbocycles. The van der Waals surface area contributed by atoms with Gasteiger partial charge >= 0.3 is 0 Å². The molecule has 2 aliphatic heterocycles. The van der Waals surface area contributed by atoms with Crippen molar-refractivity contribution in [1.29, 1.82) is 0 Å². The van der Waals surface area contributed by atoms with Crippen LogP contribution in [0.1, 0.15) is 40.0 Å². The lowest BCUT2D eigenvalue weighted by molar-refractivity contribution is -0.731. The van der Waals surface area contributed by atoms with Gasteiger partial charge in [-0.15, -0.1) is 0 Å². The second kappa shape index (κ2) is 7.94. The zero-order valence-electron chi connectivity index (χ0n) is 17.4. The van der Waals surface area contributed by atoms with Crippen LogP contribution in [0.5, 0.6) is 17.2 Å². The second-order valence-corrected chi connectivity index (χ2v) is 8.97. The quantitative estimate of drug-likeness (QED) is 0.519. The van der Waals surface area contributed by atoms with Gasteiger partial charge in [0, 0.05) is 27.4 Å². The molecule has 0 bridgehead atoms. The standard InChI is InChI=1S/C25H23BrN2O3/c1-14-3-6-18(15(2)9-14)25-27-20(16-4-8-23-24(10-16)31-13-30-23)12-21(28-25)19-11-17(26)5-7-22(19)29/h3-12,21,25,27-29H,13H2,1-2H3/p+1. The first-order chi connectivity index (χ1) is 15.0. The number of phenols is 1. The van der Waals surface area contributed by atoms with Crippen LogP contribution in [0.25, 0.3) is 5.70 Å². The lowest BCUT2D eigenvalue weighted by Crippen LogP contribution is -2.90. The molecule has 4 N–H and O–H groups in total. The molecule has 0 aliphatic carbocycles. The maximum Gasteiger partial charge on any atom is 0.231 e. The number of quaternary nitrogens is 1. The summed E-state index contributed by atoms with van der Waals surface area (Å²) in [5.41, 5.74) is 6.57. The van der Waals surface area contributed by atoms with Crippen molar-refractivity contribution < 1.29 is 19.9 Å². The van der Waals surface area contributed by atoms with Crippen LogP contribution in [0.2, 0.25) is 0 Å². The number of halogens is 1. The highest BCUT2D eigenvalue weighted by molar-refractivity contribution is 9.10. The van der Waals surface area contributed by atoms with Gasteiger partial charge in [0.25, 0.3) is 0 Å². The van der Waals surface area contributed by atoms with Crippen molar-refractivity contribution in [1.82, 2.24) is 5.32 Å². The Balaban J connectivity index is 1.59. The minimum atomic E-state index is -0.0649. The highest BCUT2D eigenvalue weighted by atomic mass is 79.9. The summed E-state index contributed by atoms with van der Waals surface area (Å²) in [5.74, 6) is 1.80. The Morgan fingerprint density at radius 3 is 2.65 bits per heavy atom. The fraction of sp³-hybridized carbons (Fsp3) is 0.200. The van der Waals surface area contributed by atoms with Crippen LogP contribution in [0.15, 0.2) is 65.1 Å². The lowest BCUT2D eigenvalue weighted by Gasteiger charge is -2.31. The molecule has 2 atom stereocenters. The van der Waals surface area contributed by atoms with Crippen LogP contribution in [-0.2, 0) is 0 Å². The maximum absolute atomic E-state index is 10.6. The number of nitrogens with one attached hydrogen (secondary N) is 1. The summed E-state index contributed by atoms with van der Waals surface area (Å²) in [5, 5.41) is 16.5. The van der Waals surface area contributed by atoms with Crippen LogP contribution >= 0.6 is 15.9 Å². The van der Waals surface area contributed by atoms with Crippen LogP contribution in [-0.4, -0.2) is 11.9 Å². The molecule has 5 nitrogen and oxygen atoms in total.